The van der Waals surface area contributed by atoms with Crippen molar-refractivity contribution in [2.45, 2.75) is 31.6 Å². The highest BCUT2D eigenvalue weighted by molar-refractivity contribution is 6.31. The highest BCUT2D eigenvalue weighted by Gasteiger charge is 2.71. The van der Waals surface area contributed by atoms with E-state index in [9.17, 15) is 4.79 Å². The molecule has 1 aromatic rings. The molecule has 4 rings (SSSR count). The minimum Gasteiger partial charge on any atom is -0.299 e. The molecule has 3 nitrogen and oxygen atoms in total. The third-order valence-electron chi connectivity index (χ3n) is 4.07. The Hall–Kier alpha value is -0.670. The Bertz CT molecular complexity index is 481. The lowest BCUT2D eigenvalue weighted by Crippen LogP contribution is -2.67. The number of halogens is 2. The van der Waals surface area contributed by atoms with Gasteiger partial charge in [0.1, 0.15) is 5.78 Å². The molecule has 2 bridgehead atoms. The Kier molecular flexibility index (Phi) is 1.94. The van der Waals surface area contributed by atoms with Crippen molar-refractivity contribution < 1.29 is 4.79 Å². The average Bonchev–Trinajstić information content (AvgIpc) is 2.05. The van der Waals surface area contributed by atoms with Gasteiger partial charge >= 0.3 is 0 Å². The third kappa shape index (κ3) is 1.13. The van der Waals surface area contributed by atoms with E-state index in [1.54, 1.807) is 13.0 Å². The standard InChI is InChI=1S/C11H10Cl2N2O/c1-6(16)10-3-11(4-10,5-10)7-2-8(12)14-15-9(7)13/h2H,3-5H2,1H3. The van der Waals surface area contributed by atoms with Crippen LogP contribution in [-0.4, -0.2) is 16.0 Å². The molecule has 0 amide bonds. The molecule has 3 aliphatic rings. The fourth-order valence-electron chi connectivity index (χ4n) is 3.17. The molecule has 3 fully saturated rings. The van der Waals surface area contributed by atoms with Gasteiger partial charge in [0.15, 0.2) is 10.3 Å². The highest BCUT2D eigenvalue weighted by Crippen LogP contribution is 2.74. The zero-order chi connectivity index (χ0) is 11.6. The number of carbonyl (C=O) groups is 1. The maximum absolute atomic E-state index is 11.4. The maximum atomic E-state index is 11.4. The van der Waals surface area contributed by atoms with Crippen molar-refractivity contribution in [2.24, 2.45) is 5.41 Å². The molecule has 84 valence electrons. The van der Waals surface area contributed by atoms with E-state index in [4.69, 9.17) is 23.2 Å². The lowest BCUT2D eigenvalue weighted by atomic mass is 9.32. The molecular formula is C11H10Cl2N2O. The second kappa shape index (κ2) is 2.96. The van der Waals surface area contributed by atoms with Crippen LogP contribution in [0.25, 0.3) is 0 Å². The zero-order valence-electron chi connectivity index (χ0n) is 8.76. The summed E-state index contributed by atoms with van der Waals surface area (Å²) in [4.78, 5) is 11.4. The van der Waals surface area contributed by atoms with Gasteiger partial charge < -0.3 is 0 Å². The summed E-state index contributed by atoms with van der Waals surface area (Å²) in [5.74, 6) is 0.290. The van der Waals surface area contributed by atoms with Crippen LogP contribution in [0, 0.1) is 5.41 Å². The first-order chi connectivity index (χ1) is 7.47. The maximum Gasteiger partial charge on any atom is 0.155 e. The summed E-state index contributed by atoms with van der Waals surface area (Å²) >= 11 is 11.8. The second-order valence-electron chi connectivity index (χ2n) is 5.02. The summed E-state index contributed by atoms with van der Waals surface area (Å²) < 4.78 is 0. The molecule has 3 saturated carbocycles. The lowest BCUT2D eigenvalue weighted by Gasteiger charge is -2.69. The number of nitrogens with zero attached hydrogens (tertiary/aromatic N) is 2. The van der Waals surface area contributed by atoms with E-state index in [0.29, 0.717) is 16.1 Å². The highest BCUT2D eigenvalue weighted by atomic mass is 35.5. The van der Waals surface area contributed by atoms with Crippen LogP contribution in [0.2, 0.25) is 10.3 Å². The van der Waals surface area contributed by atoms with E-state index in [0.717, 1.165) is 24.8 Å². The molecule has 0 saturated heterocycles. The van der Waals surface area contributed by atoms with Crippen LogP contribution in [0.3, 0.4) is 0 Å². The van der Waals surface area contributed by atoms with Gasteiger partial charge in [-0.3, -0.25) is 4.79 Å². The minimum absolute atomic E-state index is 0.0440. The van der Waals surface area contributed by atoms with Crippen LogP contribution in [0.1, 0.15) is 31.7 Å². The number of hydrogen-bond acceptors (Lipinski definition) is 3. The Morgan fingerprint density at radius 1 is 1.31 bits per heavy atom. The predicted molar refractivity (Wildman–Crippen MR) is 60.7 cm³/mol. The Morgan fingerprint density at radius 3 is 2.50 bits per heavy atom. The number of aromatic nitrogens is 2. The third-order valence-corrected chi connectivity index (χ3v) is 4.53. The fourth-order valence-corrected chi connectivity index (χ4v) is 3.61. The van der Waals surface area contributed by atoms with Crippen molar-refractivity contribution in [3.8, 4) is 0 Å². The van der Waals surface area contributed by atoms with Crippen molar-refractivity contribution in [1.29, 1.82) is 0 Å². The first-order valence-corrected chi connectivity index (χ1v) is 5.93. The van der Waals surface area contributed by atoms with E-state index in [-0.39, 0.29) is 10.8 Å². The number of carbonyl (C=O) groups excluding carboxylic acids is 1. The zero-order valence-corrected chi connectivity index (χ0v) is 10.3. The van der Waals surface area contributed by atoms with Crippen LogP contribution in [0.4, 0.5) is 0 Å². The van der Waals surface area contributed by atoms with Crippen molar-refractivity contribution in [3.05, 3.63) is 21.9 Å². The first-order valence-electron chi connectivity index (χ1n) is 5.18. The molecule has 0 aliphatic heterocycles. The van der Waals surface area contributed by atoms with Gasteiger partial charge in [-0.1, -0.05) is 23.2 Å². The van der Waals surface area contributed by atoms with Gasteiger partial charge in [0.25, 0.3) is 0 Å². The largest absolute Gasteiger partial charge is 0.299 e. The van der Waals surface area contributed by atoms with Crippen LogP contribution >= 0.6 is 23.2 Å². The van der Waals surface area contributed by atoms with Gasteiger partial charge in [0.05, 0.1) is 0 Å². The number of hydrogen-bond donors (Lipinski definition) is 0. The van der Waals surface area contributed by atoms with Gasteiger partial charge in [0, 0.05) is 16.4 Å². The van der Waals surface area contributed by atoms with E-state index in [1.807, 2.05) is 0 Å². The van der Waals surface area contributed by atoms with Gasteiger partial charge in [-0.2, -0.15) is 0 Å². The van der Waals surface area contributed by atoms with E-state index in [2.05, 4.69) is 10.2 Å². The predicted octanol–water partition coefficient (Wildman–Crippen LogP) is 2.79. The molecule has 0 unspecified atom stereocenters. The van der Waals surface area contributed by atoms with Gasteiger partial charge in [-0.25, -0.2) is 0 Å². The van der Waals surface area contributed by atoms with E-state index in [1.165, 1.54) is 0 Å². The smallest absolute Gasteiger partial charge is 0.155 e. The molecule has 3 aliphatic carbocycles. The lowest BCUT2D eigenvalue weighted by molar-refractivity contribution is -0.171. The van der Waals surface area contributed by atoms with E-state index < -0.39 is 0 Å². The molecule has 16 heavy (non-hydrogen) atoms. The fraction of sp³-hybridized carbons (Fsp3) is 0.545. The van der Waals surface area contributed by atoms with Crippen molar-refractivity contribution in [3.63, 3.8) is 0 Å². The second-order valence-corrected chi connectivity index (χ2v) is 5.76. The Balaban J connectivity index is 1.93. The quantitative estimate of drug-likeness (QED) is 0.818. The normalized spacial score (nSPS) is 35.2. The van der Waals surface area contributed by atoms with Crippen molar-refractivity contribution in [1.82, 2.24) is 10.2 Å². The van der Waals surface area contributed by atoms with Crippen LogP contribution in [-0.2, 0) is 10.2 Å². The van der Waals surface area contributed by atoms with Crippen LogP contribution in [0.5, 0.6) is 0 Å². The molecule has 0 radical (unpaired) electrons. The summed E-state index contributed by atoms with van der Waals surface area (Å²) in [5, 5.41) is 8.29. The first kappa shape index (κ1) is 10.5. The van der Waals surface area contributed by atoms with Gasteiger partial charge in [-0.05, 0) is 32.3 Å². The monoisotopic (exact) mass is 256 g/mol. The summed E-state index contributed by atoms with van der Waals surface area (Å²) in [5.41, 5.74) is 0.929. The van der Waals surface area contributed by atoms with Crippen molar-refractivity contribution in [2.75, 3.05) is 0 Å². The van der Waals surface area contributed by atoms with Gasteiger partial charge in [0.2, 0.25) is 0 Å². The summed E-state index contributed by atoms with van der Waals surface area (Å²) in [6.07, 6.45) is 2.66. The molecular weight excluding hydrogens is 247 g/mol. The summed E-state index contributed by atoms with van der Waals surface area (Å²) in [7, 11) is 0. The Labute approximate surface area is 103 Å². The number of ketones is 1. The van der Waals surface area contributed by atoms with Crippen LogP contribution in [0.15, 0.2) is 6.07 Å². The molecule has 5 heteroatoms. The number of Topliss-reactive ketones (excluding diaryl/α,β-unsaturated/α-hetero) is 1. The molecule has 0 atom stereocenters. The number of rotatable bonds is 2. The molecule has 1 heterocycles. The summed E-state index contributed by atoms with van der Waals surface area (Å²) in [6, 6.07) is 1.78. The SMILES string of the molecule is CC(=O)C12CC(c3cc(Cl)nnc3Cl)(C1)C2. The Morgan fingerprint density at radius 2 is 1.94 bits per heavy atom. The van der Waals surface area contributed by atoms with Crippen molar-refractivity contribution >= 4 is 29.0 Å². The van der Waals surface area contributed by atoms with Gasteiger partial charge in [-0.15, -0.1) is 10.2 Å². The average molecular weight is 257 g/mol. The summed E-state index contributed by atoms with van der Waals surface area (Å²) in [6.45, 7) is 1.67. The minimum atomic E-state index is -0.0704. The molecule has 0 aromatic carbocycles. The topological polar surface area (TPSA) is 42.9 Å². The molecule has 1 aromatic heterocycles. The van der Waals surface area contributed by atoms with E-state index >= 15 is 0 Å². The van der Waals surface area contributed by atoms with Crippen LogP contribution < -0.4 is 0 Å². The molecule has 0 spiro atoms. The molecule has 0 N–H and O–H groups in total.